The molecule has 0 saturated carbocycles. The van der Waals surface area contributed by atoms with Crippen LogP contribution in [-0.4, -0.2) is 14.9 Å². The summed E-state index contributed by atoms with van der Waals surface area (Å²) >= 11 is 7.54. The maximum atomic E-state index is 13.3. The fraction of sp³-hybridized carbons (Fsp3) is 0.0667. The van der Waals surface area contributed by atoms with E-state index in [4.69, 9.17) is 17.4 Å². The van der Waals surface area contributed by atoms with E-state index in [1.165, 1.54) is 28.6 Å². The number of nitrogens with two attached hydrogens (primary N) is 1. The third kappa shape index (κ3) is 3.08. The van der Waals surface area contributed by atoms with Crippen LogP contribution < -0.4 is 5.84 Å². The third-order valence-corrected chi connectivity index (χ3v) is 4.42. The maximum Gasteiger partial charge on any atom is 0.210 e. The van der Waals surface area contributed by atoms with E-state index < -0.39 is 0 Å². The van der Waals surface area contributed by atoms with Crippen molar-refractivity contribution in [1.29, 1.82) is 0 Å². The number of aromatic nitrogens is 3. The Labute approximate surface area is 136 Å². The molecule has 2 aromatic carbocycles. The van der Waals surface area contributed by atoms with Crippen molar-refractivity contribution in [3.05, 3.63) is 64.9 Å². The minimum Gasteiger partial charge on any atom is -0.335 e. The van der Waals surface area contributed by atoms with Gasteiger partial charge in [0.25, 0.3) is 0 Å². The molecule has 0 unspecified atom stereocenters. The fourth-order valence-corrected chi connectivity index (χ4v) is 3.10. The Kier molecular flexibility index (Phi) is 4.31. The molecule has 7 heteroatoms. The summed E-state index contributed by atoms with van der Waals surface area (Å²) in [5, 5.41) is 9.32. The quantitative estimate of drug-likeness (QED) is 0.583. The second-order valence-electron chi connectivity index (χ2n) is 4.57. The molecule has 0 saturated heterocycles. The van der Waals surface area contributed by atoms with Gasteiger partial charge < -0.3 is 5.84 Å². The highest BCUT2D eigenvalue weighted by atomic mass is 35.5. The van der Waals surface area contributed by atoms with E-state index in [-0.39, 0.29) is 5.82 Å². The van der Waals surface area contributed by atoms with Crippen LogP contribution in [0.25, 0.3) is 11.4 Å². The highest BCUT2D eigenvalue weighted by Gasteiger charge is 2.13. The number of nitrogens with zero attached hydrogens (tertiary/aromatic N) is 3. The molecule has 0 radical (unpaired) electrons. The number of rotatable bonds is 4. The molecule has 22 heavy (non-hydrogen) atoms. The largest absolute Gasteiger partial charge is 0.335 e. The number of nitrogen functional groups attached to an aromatic ring is 1. The molecule has 0 aliphatic rings. The van der Waals surface area contributed by atoms with E-state index in [2.05, 4.69) is 10.2 Å². The second kappa shape index (κ2) is 6.37. The highest BCUT2D eigenvalue weighted by molar-refractivity contribution is 7.98. The lowest BCUT2D eigenvalue weighted by molar-refractivity contribution is 0.628. The lowest BCUT2D eigenvalue weighted by Crippen LogP contribution is -2.11. The van der Waals surface area contributed by atoms with Crippen LogP contribution in [0.15, 0.2) is 53.7 Å². The minimum absolute atomic E-state index is 0.342. The summed E-state index contributed by atoms with van der Waals surface area (Å²) in [6, 6.07) is 13.7. The Morgan fingerprint density at radius 1 is 1.14 bits per heavy atom. The summed E-state index contributed by atoms with van der Waals surface area (Å²) < 4.78 is 14.6. The Hall–Kier alpha value is -2.05. The van der Waals surface area contributed by atoms with Gasteiger partial charge in [-0.1, -0.05) is 53.7 Å². The van der Waals surface area contributed by atoms with Crippen LogP contribution in [0, 0.1) is 5.82 Å². The molecule has 0 aliphatic heterocycles. The van der Waals surface area contributed by atoms with Crippen LogP contribution in [0.4, 0.5) is 4.39 Å². The van der Waals surface area contributed by atoms with Crippen LogP contribution in [0.5, 0.6) is 0 Å². The summed E-state index contributed by atoms with van der Waals surface area (Å²) in [4.78, 5) is 0. The maximum absolute atomic E-state index is 13.3. The molecule has 0 bridgehead atoms. The van der Waals surface area contributed by atoms with Crippen molar-refractivity contribution in [2.24, 2.45) is 0 Å². The zero-order valence-electron chi connectivity index (χ0n) is 11.4. The van der Waals surface area contributed by atoms with Crippen LogP contribution >= 0.6 is 23.4 Å². The smallest absolute Gasteiger partial charge is 0.210 e. The summed E-state index contributed by atoms with van der Waals surface area (Å²) in [5.74, 6) is 6.70. The van der Waals surface area contributed by atoms with Gasteiger partial charge in [-0.15, -0.1) is 10.2 Å². The fourth-order valence-electron chi connectivity index (χ4n) is 1.96. The molecule has 0 aliphatic carbocycles. The predicted molar refractivity (Wildman–Crippen MR) is 86.6 cm³/mol. The average molecular weight is 335 g/mol. The standard InChI is InChI=1S/C15H12ClFN4S/c16-13-7-2-1-4-11(13)9-22-15-20-19-14(21(15)18)10-5-3-6-12(17)8-10/h1-8H,9,18H2. The number of hydrogen-bond donors (Lipinski definition) is 1. The van der Waals surface area contributed by atoms with E-state index in [0.29, 0.717) is 27.3 Å². The van der Waals surface area contributed by atoms with Gasteiger partial charge in [-0.3, -0.25) is 0 Å². The number of benzene rings is 2. The van der Waals surface area contributed by atoms with Gasteiger partial charge >= 0.3 is 0 Å². The first kappa shape index (κ1) is 14.9. The molecular weight excluding hydrogens is 323 g/mol. The predicted octanol–water partition coefficient (Wildman–Crippen LogP) is 3.74. The first-order valence-corrected chi connectivity index (χ1v) is 7.84. The van der Waals surface area contributed by atoms with Gasteiger partial charge in [0.2, 0.25) is 5.16 Å². The first-order chi connectivity index (χ1) is 10.6. The Morgan fingerprint density at radius 2 is 1.95 bits per heavy atom. The first-order valence-electron chi connectivity index (χ1n) is 6.48. The highest BCUT2D eigenvalue weighted by Crippen LogP contribution is 2.27. The van der Waals surface area contributed by atoms with Crippen molar-refractivity contribution in [3.8, 4) is 11.4 Å². The summed E-state index contributed by atoms with van der Waals surface area (Å²) in [6.07, 6.45) is 0. The average Bonchev–Trinajstić information content (AvgIpc) is 2.87. The Morgan fingerprint density at radius 3 is 2.73 bits per heavy atom. The van der Waals surface area contributed by atoms with Gasteiger partial charge in [-0.2, -0.15) is 0 Å². The number of hydrogen-bond acceptors (Lipinski definition) is 4. The van der Waals surface area contributed by atoms with Gasteiger partial charge in [0, 0.05) is 16.3 Å². The van der Waals surface area contributed by atoms with Gasteiger partial charge in [0.05, 0.1) is 0 Å². The molecule has 112 valence electrons. The van der Waals surface area contributed by atoms with Gasteiger partial charge in [0.15, 0.2) is 5.82 Å². The van der Waals surface area contributed by atoms with Crippen molar-refractivity contribution in [2.75, 3.05) is 5.84 Å². The Bertz CT molecular complexity index is 806. The third-order valence-electron chi connectivity index (χ3n) is 3.06. The minimum atomic E-state index is -0.342. The van der Waals surface area contributed by atoms with Crippen LogP contribution in [0.1, 0.15) is 5.56 Å². The van der Waals surface area contributed by atoms with Crippen molar-refractivity contribution in [3.63, 3.8) is 0 Å². The van der Waals surface area contributed by atoms with Crippen LogP contribution in [-0.2, 0) is 5.75 Å². The molecule has 0 amide bonds. The van der Waals surface area contributed by atoms with Crippen molar-refractivity contribution >= 4 is 23.4 Å². The van der Waals surface area contributed by atoms with Gasteiger partial charge in [-0.05, 0) is 23.8 Å². The lowest BCUT2D eigenvalue weighted by atomic mass is 10.2. The number of thioether (sulfide) groups is 1. The van der Waals surface area contributed by atoms with E-state index in [1.54, 1.807) is 12.1 Å². The molecule has 0 atom stereocenters. The molecule has 1 aromatic heterocycles. The normalized spacial score (nSPS) is 10.8. The van der Waals surface area contributed by atoms with Gasteiger partial charge in [0.1, 0.15) is 5.82 Å². The van der Waals surface area contributed by atoms with E-state index in [0.717, 1.165) is 5.56 Å². The molecule has 3 rings (SSSR count). The zero-order chi connectivity index (χ0) is 15.5. The molecule has 2 N–H and O–H groups in total. The number of halogens is 2. The summed E-state index contributed by atoms with van der Waals surface area (Å²) in [5.41, 5.74) is 1.57. The van der Waals surface area contributed by atoms with E-state index in [1.807, 2.05) is 24.3 Å². The van der Waals surface area contributed by atoms with Crippen molar-refractivity contribution < 1.29 is 4.39 Å². The monoisotopic (exact) mass is 334 g/mol. The van der Waals surface area contributed by atoms with E-state index >= 15 is 0 Å². The molecule has 1 heterocycles. The van der Waals surface area contributed by atoms with Crippen LogP contribution in [0.3, 0.4) is 0 Å². The zero-order valence-corrected chi connectivity index (χ0v) is 13.0. The molecule has 0 fully saturated rings. The SMILES string of the molecule is Nn1c(SCc2ccccc2Cl)nnc1-c1cccc(F)c1. The molecule has 4 nitrogen and oxygen atoms in total. The molecule has 3 aromatic rings. The summed E-state index contributed by atoms with van der Waals surface area (Å²) in [7, 11) is 0. The lowest BCUT2D eigenvalue weighted by Gasteiger charge is -2.05. The van der Waals surface area contributed by atoms with Crippen LogP contribution in [0.2, 0.25) is 5.02 Å². The molecule has 0 spiro atoms. The van der Waals surface area contributed by atoms with Gasteiger partial charge in [-0.25, -0.2) is 9.07 Å². The topological polar surface area (TPSA) is 56.7 Å². The summed E-state index contributed by atoms with van der Waals surface area (Å²) in [6.45, 7) is 0. The molecular formula is C15H12ClFN4S. The van der Waals surface area contributed by atoms with E-state index in [9.17, 15) is 4.39 Å². The second-order valence-corrected chi connectivity index (χ2v) is 5.92. The van der Waals surface area contributed by atoms with Crippen molar-refractivity contribution in [2.45, 2.75) is 10.9 Å². The van der Waals surface area contributed by atoms with Crippen molar-refractivity contribution in [1.82, 2.24) is 14.9 Å². The Balaban J connectivity index is 1.81.